The van der Waals surface area contributed by atoms with Gasteiger partial charge in [0.15, 0.2) is 11.0 Å². The first-order valence-corrected chi connectivity index (χ1v) is 9.84. The second-order valence-corrected chi connectivity index (χ2v) is 7.57. The van der Waals surface area contributed by atoms with Gasteiger partial charge in [-0.3, -0.25) is 4.79 Å². The van der Waals surface area contributed by atoms with Crippen LogP contribution < -0.4 is 11.1 Å². The number of benzene rings is 1. The highest BCUT2D eigenvalue weighted by Crippen LogP contribution is 2.23. The summed E-state index contributed by atoms with van der Waals surface area (Å²) in [5, 5.41) is 13.2. The van der Waals surface area contributed by atoms with E-state index in [0.717, 1.165) is 36.5 Å². The average Bonchev–Trinajstić information content (AvgIpc) is 3.25. The van der Waals surface area contributed by atoms with E-state index in [1.54, 1.807) is 0 Å². The van der Waals surface area contributed by atoms with Gasteiger partial charge in [-0.05, 0) is 37.5 Å². The van der Waals surface area contributed by atoms with Crippen LogP contribution in [0, 0.1) is 6.92 Å². The lowest BCUT2D eigenvalue weighted by Crippen LogP contribution is -2.20. The summed E-state index contributed by atoms with van der Waals surface area (Å²) in [4.78, 5) is 11.1. The molecule has 7 nitrogen and oxygen atoms in total. The Labute approximate surface area is 161 Å². The monoisotopic (exact) mass is 395 g/mol. The molecule has 1 aliphatic heterocycles. The molecule has 0 unspecified atom stereocenters. The maximum Gasteiger partial charge on any atom is 0.227 e. The molecule has 2 aromatic rings. The van der Waals surface area contributed by atoms with E-state index >= 15 is 0 Å². The van der Waals surface area contributed by atoms with E-state index in [1.165, 1.54) is 11.8 Å². The van der Waals surface area contributed by atoms with Gasteiger partial charge in [-0.1, -0.05) is 29.4 Å². The van der Waals surface area contributed by atoms with Gasteiger partial charge in [-0.25, -0.2) is 0 Å². The van der Waals surface area contributed by atoms with Crippen LogP contribution in [0.4, 0.5) is 5.69 Å². The first kappa shape index (κ1) is 19.0. The molecule has 3 rings (SSSR count). The molecule has 1 aromatic heterocycles. The second kappa shape index (κ2) is 8.75. The minimum atomic E-state index is -0.379. The maximum absolute atomic E-state index is 11.1. The summed E-state index contributed by atoms with van der Waals surface area (Å²) in [5.41, 5.74) is 7.20. The van der Waals surface area contributed by atoms with Crippen LogP contribution in [-0.4, -0.2) is 39.1 Å². The Morgan fingerprint density at radius 3 is 3.04 bits per heavy atom. The summed E-state index contributed by atoms with van der Waals surface area (Å²) < 4.78 is 7.74. The number of hydrogen-bond acceptors (Lipinski definition) is 6. The minimum absolute atomic E-state index is 0.145. The fourth-order valence-electron chi connectivity index (χ4n) is 2.75. The van der Waals surface area contributed by atoms with Gasteiger partial charge in [0.05, 0.1) is 24.9 Å². The number of anilines is 1. The molecule has 2 heterocycles. The number of carbonyl (C=O) groups is 1. The third-order valence-electron chi connectivity index (χ3n) is 4.17. The molecule has 26 heavy (non-hydrogen) atoms. The molecule has 0 aliphatic carbocycles. The van der Waals surface area contributed by atoms with E-state index < -0.39 is 0 Å². The van der Waals surface area contributed by atoms with Gasteiger partial charge in [0.2, 0.25) is 5.91 Å². The SMILES string of the molecule is Cc1ccc(NCc2nnc(SCC(N)=O)n2C[C@H]2CCCO2)cc1Cl. The van der Waals surface area contributed by atoms with Crippen LogP contribution in [0.2, 0.25) is 5.02 Å². The van der Waals surface area contributed by atoms with Crippen molar-refractivity contribution in [1.29, 1.82) is 0 Å². The van der Waals surface area contributed by atoms with Crippen molar-refractivity contribution in [1.82, 2.24) is 14.8 Å². The van der Waals surface area contributed by atoms with E-state index in [1.807, 2.05) is 29.7 Å². The van der Waals surface area contributed by atoms with Crippen LogP contribution in [-0.2, 0) is 22.6 Å². The van der Waals surface area contributed by atoms with E-state index in [-0.39, 0.29) is 17.8 Å². The molecule has 1 fully saturated rings. The third kappa shape index (κ3) is 4.90. The van der Waals surface area contributed by atoms with Crippen LogP contribution in [0.3, 0.4) is 0 Å². The number of ether oxygens (including phenoxy) is 1. The van der Waals surface area contributed by atoms with E-state index in [2.05, 4.69) is 15.5 Å². The van der Waals surface area contributed by atoms with Gasteiger partial charge in [-0.15, -0.1) is 10.2 Å². The Balaban J connectivity index is 1.73. The topological polar surface area (TPSA) is 95.1 Å². The zero-order valence-electron chi connectivity index (χ0n) is 14.6. The number of aryl methyl sites for hydroxylation is 1. The highest BCUT2D eigenvalue weighted by Gasteiger charge is 2.21. The summed E-state index contributed by atoms with van der Waals surface area (Å²) in [6.45, 7) is 3.91. The third-order valence-corrected chi connectivity index (χ3v) is 5.57. The molecule has 1 aromatic carbocycles. The molecular weight excluding hydrogens is 374 g/mol. The Morgan fingerprint density at radius 2 is 2.35 bits per heavy atom. The standard InChI is InChI=1S/C17H22ClN5O2S/c1-11-4-5-12(7-14(11)18)20-8-16-21-22-17(26-10-15(19)24)23(16)9-13-3-2-6-25-13/h4-5,7,13,20H,2-3,6,8-10H2,1H3,(H2,19,24)/t13-/m1/s1. The lowest BCUT2D eigenvalue weighted by Gasteiger charge is -2.15. The van der Waals surface area contributed by atoms with Crippen molar-refractivity contribution in [3.05, 3.63) is 34.6 Å². The molecule has 1 atom stereocenters. The lowest BCUT2D eigenvalue weighted by atomic mass is 10.2. The highest BCUT2D eigenvalue weighted by molar-refractivity contribution is 7.99. The first-order valence-electron chi connectivity index (χ1n) is 8.47. The summed E-state index contributed by atoms with van der Waals surface area (Å²) in [6.07, 6.45) is 2.22. The molecule has 0 bridgehead atoms. The number of nitrogens with zero attached hydrogens (tertiary/aromatic N) is 3. The summed E-state index contributed by atoms with van der Waals surface area (Å²) in [7, 11) is 0. The van der Waals surface area contributed by atoms with Crippen LogP contribution in [0.5, 0.6) is 0 Å². The molecule has 1 amide bonds. The van der Waals surface area contributed by atoms with Crippen molar-refractivity contribution >= 4 is 35.0 Å². The first-order chi connectivity index (χ1) is 12.5. The van der Waals surface area contributed by atoms with Gasteiger partial charge in [-0.2, -0.15) is 0 Å². The quantitative estimate of drug-likeness (QED) is 0.667. The maximum atomic E-state index is 11.1. The van der Waals surface area contributed by atoms with Gasteiger partial charge in [0.25, 0.3) is 0 Å². The number of halogens is 1. The smallest absolute Gasteiger partial charge is 0.227 e. The van der Waals surface area contributed by atoms with E-state index in [0.29, 0.717) is 23.3 Å². The summed E-state index contributed by atoms with van der Waals surface area (Å²) >= 11 is 7.47. The van der Waals surface area contributed by atoms with Crippen molar-refractivity contribution in [2.75, 3.05) is 17.7 Å². The minimum Gasteiger partial charge on any atom is -0.378 e. The Hall–Kier alpha value is -1.77. The molecule has 0 saturated carbocycles. The van der Waals surface area contributed by atoms with Crippen LogP contribution in [0.25, 0.3) is 0 Å². The molecule has 0 radical (unpaired) electrons. The molecule has 3 N–H and O–H groups in total. The molecule has 140 valence electrons. The zero-order chi connectivity index (χ0) is 18.5. The number of amides is 1. The molecule has 9 heteroatoms. The van der Waals surface area contributed by atoms with Crippen LogP contribution in [0.1, 0.15) is 24.2 Å². The number of rotatable bonds is 8. The fourth-order valence-corrected chi connectivity index (χ4v) is 3.64. The van der Waals surface area contributed by atoms with Crippen molar-refractivity contribution in [3.8, 4) is 0 Å². The van der Waals surface area contributed by atoms with Crippen LogP contribution >= 0.6 is 23.4 Å². The fraction of sp³-hybridized carbons (Fsp3) is 0.471. The van der Waals surface area contributed by atoms with Gasteiger partial charge >= 0.3 is 0 Å². The van der Waals surface area contributed by atoms with Gasteiger partial charge in [0, 0.05) is 17.3 Å². The van der Waals surface area contributed by atoms with Crippen molar-refractivity contribution < 1.29 is 9.53 Å². The molecule has 1 saturated heterocycles. The Morgan fingerprint density at radius 1 is 1.50 bits per heavy atom. The second-order valence-electron chi connectivity index (χ2n) is 6.22. The number of primary amides is 1. The summed E-state index contributed by atoms with van der Waals surface area (Å²) in [6, 6.07) is 5.83. The molecule has 1 aliphatic rings. The number of aromatic nitrogens is 3. The molecular formula is C17H22ClN5O2S. The Kier molecular flexibility index (Phi) is 6.39. The molecule has 0 spiro atoms. The van der Waals surface area contributed by atoms with Crippen LogP contribution in [0.15, 0.2) is 23.4 Å². The predicted octanol–water partition coefficient (Wildman–Crippen LogP) is 2.61. The van der Waals surface area contributed by atoms with E-state index in [4.69, 9.17) is 22.1 Å². The number of thioether (sulfide) groups is 1. The van der Waals surface area contributed by atoms with Crippen molar-refractivity contribution in [2.45, 2.75) is 44.1 Å². The van der Waals surface area contributed by atoms with Crippen molar-refractivity contribution in [2.24, 2.45) is 5.73 Å². The number of nitrogens with two attached hydrogens (primary N) is 1. The lowest BCUT2D eigenvalue weighted by molar-refractivity contribution is -0.115. The van der Waals surface area contributed by atoms with Gasteiger partial charge in [0.1, 0.15) is 0 Å². The average molecular weight is 396 g/mol. The zero-order valence-corrected chi connectivity index (χ0v) is 16.1. The predicted molar refractivity (Wildman–Crippen MR) is 102 cm³/mol. The summed E-state index contributed by atoms with van der Waals surface area (Å²) in [5.74, 6) is 0.574. The number of carbonyl (C=O) groups excluding carboxylic acids is 1. The number of hydrogen-bond donors (Lipinski definition) is 2. The Bertz CT molecular complexity index is 777. The van der Waals surface area contributed by atoms with E-state index in [9.17, 15) is 4.79 Å². The highest BCUT2D eigenvalue weighted by atomic mass is 35.5. The largest absolute Gasteiger partial charge is 0.378 e. The van der Waals surface area contributed by atoms with Gasteiger partial charge < -0.3 is 20.4 Å². The van der Waals surface area contributed by atoms with Crippen molar-refractivity contribution in [3.63, 3.8) is 0 Å². The normalized spacial score (nSPS) is 16.8. The number of nitrogens with one attached hydrogen (secondary N) is 1.